The molecule has 3 rings (SSSR count). The van der Waals surface area contributed by atoms with Crippen molar-refractivity contribution in [1.82, 2.24) is 4.98 Å². The van der Waals surface area contributed by atoms with Gasteiger partial charge in [0.05, 0.1) is 18.0 Å². The second kappa shape index (κ2) is 6.77. The lowest BCUT2D eigenvalue weighted by molar-refractivity contribution is 0.278. The minimum atomic E-state index is -0.275. The van der Waals surface area contributed by atoms with E-state index in [4.69, 9.17) is 4.98 Å². The SMILES string of the molecule is CC(C)(C)c1nc(-c2ccccc2)cc(-c2ccc(F)cc2)c1CO. The maximum absolute atomic E-state index is 13.3. The Balaban J connectivity index is 2.30. The normalized spacial score (nSPS) is 11.6. The Hall–Kier alpha value is -2.52. The molecular weight excluding hydrogens is 313 g/mol. The van der Waals surface area contributed by atoms with Crippen molar-refractivity contribution < 1.29 is 9.50 Å². The standard InChI is InChI=1S/C22H22FNO/c1-22(2,3)21-19(14-25)18(15-9-11-17(23)12-10-15)13-20(24-21)16-7-5-4-6-8-16/h4-13,25H,14H2,1-3H3. The third-order valence-corrected chi connectivity index (χ3v) is 4.22. The van der Waals surface area contributed by atoms with E-state index >= 15 is 0 Å². The molecule has 0 aliphatic carbocycles. The fourth-order valence-corrected chi connectivity index (χ4v) is 3.00. The number of rotatable bonds is 3. The Morgan fingerprint density at radius 1 is 0.920 bits per heavy atom. The zero-order chi connectivity index (χ0) is 18.0. The second-order valence-electron chi connectivity index (χ2n) is 7.16. The van der Waals surface area contributed by atoms with Crippen molar-refractivity contribution in [3.05, 3.63) is 77.7 Å². The molecular formula is C22H22FNO. The molecule has 128 valence electrons. The van der Waals surface area contributed by atoms with E-state index in [1.165, 1.54) is 12.1 Å². The van der Waals surface area contributed by atoms with Crippen molar-refractivity contribution >= 4 is 0 Å². The number of aliphatic hydroxyl groups excluding tert-OH is 1. The highest BCUT2D eigenvalue weighted by molar-refractivity contribution is 5.74. The van der Waals surface area contributed by atoms with E-state index in [1.54, 1.807) is 12.1 Å². The van der Waals surface area contributed by atoms with Crippen LogP contribution in [0.1, 0.15) is 32.0 Å². The number of pyridine rings is 1. The summed E-state index contributed by atoms with van der Waals surface area (Å²) in [5, 5.41) is 10.0. The van der Waals surface area contributed by atoms with Crippen LogP contribution >= 0.6 is 0 Å². The van der Waals surface area contributed by atoms with E-state index in [0.717, 1.165) is 33.6 Å². The van der Waals surface area contributed by atoms with Gasteiger partial charge in [-0.1, -0.05) is 63.2 Å². The topological polar surface area (TPSA) is 33.1 Å². The summed E-state index contributed by atoms with van der Waals surface area (Å²) in [6, 6.07) is 18.3. The number of aliphatic hydroxyl groups is 1. The molecule has 3 aromatic rings. The molecule has 0 bridgehead atoms. The van der Waals surface area contributed by atoms with Crippen LogP contribution in [0.3, 0.4) is 0 Å². The van der Waals surface area contributed by atoms with Crippen LogP contribution in [0.5, 0.6) is 0 Å². The molecule has 0 fully saturated rings. The summed E-state index contributed by atoms with van der Waals surface area (Å²) in [5.41, 5.74) is 5.05. The van der Waals surface area contributed by atoms with Gasteiger partial charge in [0, 0.05) is 16.5 Å². The number of hydrogen-bond donors (Lipinski definition) is 1. The molecule has 0 aliphatic rings. The molecule has 0 atom stereocenters. The highest BCUT2D eigenvalue weighted by Crippen LogP contribution is 2.35. The molecule has 1 N–H and O–H groups in total. The molecule has 2 aromatic carbocycles. The average molecular weight is 335 g/mol. The first-order valence-electron chi connectivity index (χ1n) is 8.37. The minimum Gasteiger partial charge on any atom is -0.392 e. The van der Waals surface area contributed by atoms with Gasteiger partial charge in [-0.3, -0.25) is 4.98 Å². The highest BCUT2D eigenvalue weighted by Gasteiger charge is 2.24. The molecule has 0 spiro atoms. The lowest BCUT2D eigenvalue weighted by Gasteiger charge is -2.24. The maximum atomic E-state index is 13.3. The van der Waals surface area contributed by atoms with Crippen LogP contribution in [0, 0.1) is 5.82 Å². The summed E-state index contributed by atoms with van der Waals surface area (Å²) in [6.45, 7) is 6.13. The van der Waals surface area contributed by atoms with E-state index in [-0.39, 0.29) is 17.8 Å². The zero-order valence-corrected chi connectivity index (χ0v) is 14.8. The smallest absolute Gasteiger partial charge is 0.123 e. The van der Waals surface area contributed by atoms with Crippen molar-refractivity contribution in [3.63, 3.8) is 0 Å². The Bertz CT molecular complexity index is 865. The summed E-state index contributed by atoms with van der Waals surface area (Å²) in [4.78, 5) is 4.85. The molecule has 2 nitrogen and oxygen atoms in total. The van der Waals surface area contributed by atoms with Gasteiger partial charge in [0.1, 0.15) is 5.82 Å². The third-order valence-electron chi connectivity index (χ3n) is 4.22. The molecule has 3 heteroatoms. The van der Waals surface area contributed by atoms with Gasteiger partial charge in [-0.25, -0.2) is 4.39 Å². The molecule has 1 aromatic heterocycles. The van der Waals surface area contributed by atoms with E-state index in [0.29, 0.717) is 0 Å². The lowest BCUT2D eigenvalue weighted by Crippen LogP contribution is -2.18. The molecule has 0 saturated heterocycles. The van der Waals surface area contributed by atoms with Crippen molar-refractivity contribution in [2.24, 2.45) is 0 Å². The summed E-state index contributed by atoms with van der Waals surface area (Å²) < 4.78 is 13.3. The molecule has 0 saturated carbocycles. The summed E-state index contributed by atoms with van der Waals surface area (Å²) in [6.07, 6.45) is 0. The highest BCUT2D eigenvalue weighted by atomic mass is 19.1. The van der Waals surface area contributed by atoms with Gasteiger partial charge in [-0.15, -0.1) is 0 Å². The van der Waals surface area contributed by atoms with Crippen LogP contribution < -0.4 is 0 Å². The third kappa shape index (κ3) is 3.62. The van der Waals surface area contributed by atoms with Gasteiger partial charge in [-0.2, -0.15) is 0 Å². The molecule has 0 radical (unpaired) electrons. The minimum absolute atomic E-state index is 0.110. The van der Waals surface area contributed by atoms with Crippen LogP contribution in [0.15, 0.2) is 60.7 Å². The first-order chi connectivity index (χ1) is 11.9. The number of hydrogen-bond acceptors (Lipinski definition) is 2. The molecule has 0 aliphatic heterocycles. The predicted octanol–water partition coefficient (Wildman–Crippen LogP) is 5.34. The van der Waals surface area contributed by atoms with Crippen LogP contribution in [-0.4, -0.2) is 10.1 Å². The Labute approximate surface area is 148 Å². The van der Waals surface area contributed by atoms with Crippen molar-refractivity contribution in [3.8, 4) is 22.4 Å². The van der Waals surface area contributed by atoms with Gasteiger partial charge in [-0.05, 0) is 29.3 Å². The fraction of sp³-hybridized carbons (Fsp3) is 0.227. The average Bonchev–Trinajstić information content (AvgIpc) is 2.61. The maximum Gasteiger partial charge on any atom is 0.123 e. The molecule has 1 heterocycles. The predicted molar refractivity (Wildman–Crippen MR) is 99.7 cm³/mol. The quantitative estimate of drug-likeness (QED) is 0.700. The van der Waals surface area contributed by atoms with E-state index in [9.17, 15) is 9.50 Å². The molecule has 0 amide bonds. The van der Waals surface area contributed by atoms with Crippen LogP contribution in [0.25, 0.3) is 22.4 Å². The largest absolute Gasteiger partial charge is 0.392 e. The first-order valence-corrected chi connectivity index (χ1v) is 8.37. The summed E-state index contributed by atoms with van der Waals surface area (Å²) in [5.74, 6) is -0.275. The Kier molecular flexibility index (Phi) is 4.69. The summed E-state index contributed by atoms with van der Waals surface area (Å²) in [7, 11) is 0. The number of benzene rings is 2. The second-order valence-corrected chi connectivity index (χ2v) is 7.16. The monoisotopic (exact) mass is 335 g/mol. The number of halogens is 1. The Morgan fingerprint density at radius 2 is 1.56 bits per heavy atom. The lowest BCUT2D eigenvalue weighted by atomic mass is 9.84. The van der Waals surface area contributed by atoms with Gasteiger partial charge in [0.2, 0.25) is 0 Å². The Morgan fingerprint density at radius 3 is 2.12 bits per heavy atom. The van der Waals surface area contributed by atoms with Crippen LogP contribution in [0.4, 0.5) is 4.39 Å². The van der Waals surface area contributed by atoms with Gasteiger partial charge < -0.3 is 5.11 Å². The van der Waals surface area contributed by atoms with Crippen molar-refractivity contribution in [2.45, 2.75) is 32.8 Å². The van der Waals surface area contributed by atoms with Gasteiger partial charge in [0.25, 0.3) is 0 Å². The van der Waals surface area contributed by atoms with Crippen LogP contribution in [0.2, 0.25) is 0 Å². The van der Waals surface area contributed by atoms with E-state index in [2.05, 4.69) is 20.8 Å². The van der Waals surface area contributed by atoms with Crippen molar-refractivity contribution in [1.29, 1.82) is 0 Å². The van der Waals surface area contributed by atoms with E-state index in [1.807, 2.05) is 36.4 Å². The molecule has 0 unspecified atom stereocenters. The first kappa shape index (κ1) is 17.3. The molecule has 25 heavy (non-hydrogen) atoms. The number of aromatic nitrogens is 1. The summed E-state index contributed by atoms with van der Waals surface area (Å²) >= 11 is 0. The van der Waals surface area contributed by atoms with E-state index < -0.39 is 0 Å². The van der Waals surface area contributed by atoms with Gasteiger partial charge >= 0.3 is 0 Å². The van der Waals surface area contributed by atoms with Gasteiger partial charge in [0.15, 0.2) is 0 Å². The fourth-order valence-electron chi connectivity index (χ4n) is 3.00. The van der Waals surface area contributed by atoms with Crippen molar-refractivity contribution in [2.75, 3.05) is 0 Å². The zero-order valence-electron chi connectivity index (χ0n) is 14.8. The number of nitrogens with zero attached hydrogens (tertiary/aromatic N) is 1. The van der Waals surface area contributed by atoms with Crippen LogP contribution in [-0.2, 0) is 12.0 Å².